The van der Waals surface area contributed by atoms with Crippen LogP contribution in [0.1, 0.15) is 23.7 Å². The van der Waals surface area contributed by atoms with E-state index in [1.54, 1.807) is 0 Å². The van der Waals surface area contributed by atoms with Crippen molar-refractivity contribution in [1.29, 1.82) is 0 Å². The molecule has 0 atom stereocenters. The van der Waals surface area contributed by atoms with Crippen LogP contribution in [0.15, 0.2) is 23.2 Å². The molecule has 0 saturated heterocycles. The number of hydrogen-bond donors (Lipinski definition) is 0. The molecule has 0 aliphatic rings. The molecule has 14 heteroatoms. The first-order valence-electron chi connectivity index (χ1n) is 7.85. The van der Waals surface area contributed by atoms with Crippen LogP contribution < -0.4 is 10.4 Å². The highest BCUT2D eigenvalue weighted by Gasteiger charge is 2.39. The van der Waals surface area contributed by atoms with E-state index < -0.39 is 57.6 Å². The first-order valence-corrected chi connectivity index (χ1v) is 8.23. The van der Waals surface area contributed by atoms with E-state index in [1.165, 1.54) is 6.92 Å². The van der Waals surface area contributed by atoms with Crippen LogP contribution in [0.5, 0.6) is 5.88 Å². The Hall–Kier alpha value is -2.44. The van der Waals surface area contributed by atoms with Gasteiger partial charge >= 0.3 is 18.5 Å². The molecule has 4 nitrogen and oxygen atoms in total. The number of ether oxygens (including phenoxy) is 1. The third-order valence-electron chi connectivity index (χ3n) is 3.71. The van der Waals surface area contributed by atoms with E-state index in [2.05, 4.69) is 9.98 Å². The van der Waals surface area contributed by atoms with E-state index >= 15 is 0 Å². The van der Waals surface area contributed by atoms with Gasteiger partial charge in [0.15, 0.2) is 11.6 Å². The van der Waals surface area contributed by atoms with Gasteiger partial charge < -0.3 is 4.74 Å². The van der Waals surface area contributed by atoms with E-state index in [0.29, 0.717) is 6.07 Å². The average Bonchev–Trinajstić information content (AvgIpc) is 2.59. The van der Waals surface area contributed by atoms with Crippen LogP contribution >= 0.6 is 11.6 Å². The van der Waals surface area contributed by atoms with Crippen molar-refractivity contribution in [2.24, 2.45) is 4.99 Å². The highest BCUT2D eigenvalue weighted by Crippen LogP contribution is 2.43. The molecule has 0 amide bonds. The predicted molar refractivity (Wildman–Crippen MR) is 86.1 cm³/mol. The zero-order chi connectivity index (χ0) is 23.1. The third-order valence-corrected chi connectivity index (χ3v) is 4.11. The smallest absolute Gasteiger partial charge is 0.433 e. The summed E-state index contributed by atoms with van der Waals surface area (Å²) in [6.45, 7) is 1.31. The normalized spacial score (nSPS) is 13.7. The molecule has 0 N–H and O–H groups in total. The predicted octanol–water partition coefficient (Wildman–Crippen LogP) is 5.85. The minimum atomic E-state index is -5.28. The van der Waals surface area contributed by atoms with Gasteiger partial charge in [-0.3, -0.25) is 4.57 Å². The topological polar surface area (TPSA) is 39.4 Å². The lowest BCUT2D eigenvalue weighted by atomic mass is 10.1. The van der Waals surface area contributed by atoms with Crippen molar-refractivity contribution in [3.8, 4) is 5.88 Å². The molecule has 0 aliphatic heterocycles. The van der Waals surface area contributed by atoms with Crippen molar-refractivity contribution in [2.45, 2.75) is 32.0 Å². The van der Waals surface area contributed by atoms with Crippen molar-refractivity contribution in [3.05, 3.63) is 45.7 Å². The van der Waals surface area contributed by atoms with E-state index in [1.807, 2.05) is 0 Å². The van der Waals surface area contributed by atoms with Crippen molar-refractivity contribution in [1.82, 2.24) is 9.55 Å². The summed E-state index contributed by atoms with van der Waals surface area (Å²) in [5, 5.41) is -1.23. The van der Waals surface area contributed by atoms with Gasteiger partial charge in [-0.1, -0.05) is 11.6 Å². The fraction of sp³-hybridized carbons (Fsp3) is 0.375. The number of rotatable bonds is 3. The van der Waals surface area contributed by atoms with Crippen molar-refractivity contribution < 1.29 is 44.3 Å². The van der Waals surface area contributed by atoms with Crippen LogP contribution in [-0.2, 0) is 25.1 Å². The molecule has 2 aromatic rings. The first kappa shape index (κ1) is 23.8. The molecular weight excluding hydrogens is 457 g/mol. The zero-order valence-corrected chi connectivity index (χ0v) is 15.7. The lowest BCUT2D eigenvalue weighted by Crippen LogP contribution is -2.28. The van der Waals surface area contributed by atoms with Crippen molar-refractivity contribution in [2.75, 3.05) is 7.11 Å². The second-order valence-electron chi connectivity index (χ2n) is 5.69. The summed E-state index contributed by atoms with van der Waals surface area (Å²) in [5.41, 5.74) is -7.00. The number of nitrogens with zero attached hydrogens (tertiary/aromatic N) is 3. The molecule has 0 aliphatic carbocycles. The van der Waals surface area contributed by atoms with Gasteiger partial charge in [-0.05, 0) is 19.1 Å². The van der Waals surface area contributed by atoms with Crippen LogP contribution in [0, 0.1) is 0 Å². The van der Waals surface area contributed by atoms with Gasteiger partial charge in [-0.25, -0.2) is 9.98 Å². The summed E-state index contributed by atoms with van der Waals surface area (Å²) >= 11 is 5.59. The summed E-state index contributed by atoms with van der Waals surface area (Å²) in [5.74, 6) is -0.419. The van der Waals surface area contributed by atoms with Crippen LogP contribution in [0.3, 0.4) is 0 Å². The number of aromatic nitrogens is 2. The molecule has 0 saturated carbocycles. The van der Waals surface area contributed by atoms with Crippen LogP contribution in [-0.4, -0.2) is 16.7 Å². The lowest BCUT2D eigenvalue weighted by molar-refractivity contribution is -0.143. The summed E-state index contributed by atoms with van der Waals surface area (Å²) in [6.07, 6.45) is -15.5. The molecule has 1 heterocycles. The van der Waals surface area contributed by atoms with E-state index in [-0.39, 0.29) is 18.7 Å². The van der Waals surface area contributed by atoms with Gasteiger partial charge in [0.05, 0.1) is 28.9 Å². The van der Waals surface area contributed by atoms with Crippen molar-refractivity contribution >= 4 is 17.3 Å². The quantitative estimate of drug-likeness (QED) is 0.531. The fourth-order valence-corrected chi connectivity index (χ4v) is 2.62. The van der Waals surface area contributed by atoms with Crippen LogP contribution in [0.25, 0.3) is 0 Å². The molecular formula is C16H11ClF9N3O. The largest absolute Gasteiger partial charge is 0.482 e. The van der Waals surface area contributed by atoms with Gasteiger partial charge in [0, 0.05) is 12.6 Å². The summed E-state index contributed by atoms with van der Waals surface area (Å²) in [6, 6.07) is 0.485. The SMILES string of the molecule is CCn1c(OC)cc(C(F)(F)F)nc1=Nc1cc(C(F)(F)F)cc(C(F)(F)F)c1Cl. The van der Waals surface area contributed by atoms with Gasteiger partial charge in [0.2, 0.25) is 5.62 Å². The van der Waals surface area contributed by atoms with E-state index in [4.69, 9.17) is 16.3 Å². The Morgan fingerprint density at radius 2 is 1.57 bits per heavy atom. The average molecular weight is 468 g/mol. The van der Waals surface area contributed by atoms with Crippen molar-refractivity contribution in [3.63, 3.8) is 0 Å². The van der Waals surface area contributed by atoms with E-state index in [0.717, 1.165) is 11.7 Å². The highest BCUT2D eigenvalue weighted by molar-refractivity contribution is 6.33. The van der Waals surface area contributed by atoms with Gasteiger partial charge in [-0.15, -0.1) is 0 Å². The maximum atomic E-state index is 13.1. The molecule has 166 valence electrons. The molecule has 1 aromatic carbocycles. The lowest BCUT2D eigenvalue weighted by Gasteiger charge is -2.16. The molecule has 30 heavy (non-hydrogen) atoms. The van der Waals surface area contributed by atoms with E-state index in [9.17, 15) is 39.5 Å². The fourth-order valence-electron chi connectivity index (χ4n) is 2.36. The molecule has 1 aromatic heterocycles. The summed E-state index contributed by atoms with van der Waals surface area (Å²) in [7, 11) is 1.02. The molecule has 2 rings (SSSR count). The Kier molecular flexibility index (Phi) is 6.36. The number of hydrogen-bond acceptors (Lipinski definition) is 3. The Morgan fingerprint density at radius 3 is 2.00 bits per heavy atom. The van der Waals surface area contributed by atoms with Crippen LogP contribution in [0.2, 0.25) is 5.02 Å². The number of methoxy groups -OCH3 is 1. The van der Waals surface area contributed by atoms with Gasteiger partial charge in [-0.2, -0.15) is 39.5 Å². The molecule has 0 bridgehead atoms. The number of benzene rings is 1. The standard InChI is InChI=1S/C16H11ClF9N3O/c1-3-29-11(30-2)6-10(16(24,25)26)28-13(29)27-9-5-7(14(18,19)20)4-8(12(9)17)15(21,22)23/h4-6H,3H2,1-2H3. The molecule has 0 radical (unpaired) electrons. The molecule has 0 fully saturated rings. The summed E-state index contributed by atoms with van der Waals surface area (Å²) in [4.78, 5) is 6.70. The third kappa shape index (κ3) is 4.99. The minimum absolute atomic E-state index is 0.115. The second kappa shape index (κ2) is 8.00. The van der Waals surface area contributed by atoms with Gasteiger partial charge in [0.25, 0.3) is 0 Å². The van der Waals surface area contributed by atoms with Crippen LogP contribution in [0.4, 0.5) is 45.2 Å². The Bertz CT molecular complexity index is 1010. The zero-order valence-electron chi connectivity index (χ0n) is 15.0. The minimum Gasteiger partial charge on any atom is -0.482 e. The monoisotopic (exact) mass is 467 g/mol. The maximum Gasteiger partial charge on any atom is 0.433 e. The summed E-state index contributed by atoms with van der Waals surface area (Å²) < 4.78 is 124. The number of halogens is 10. The number of alkyl halides is 9. The maximum absolute atomic E-state index is 13.1. The molecule has 0 unspecified atom stereocenters. The van der Waals surface area contributed by atoms with Gasteiger partial charge in [0.1, 0.15) is 0 Å². The second-order valence-corrected chi connectivity index (χ2v) is 6.07. The first-order chi connectivity index (χ1) is 13.6. The Balaban J connectivity index is 2.95. The Labute approximate surface area is 167 Å². The molecule has 0 spiro atoms. The Morgan fingerprint density at radius 1 is 0.967 bits per heavy atom. The highest BCUT2D eigenvalue weighted by atomic mass is 35.5.